The molecule has 6 nitrogen and oxygen atoms in total. The molecule has 2 amide bonds. The van der Waals surface area contributed by atoms with Gasteiger partial charge in [0.05, 0.1) is 0 Å². The number of hydrogen-bond donors (Lipinski definition) is 1. The number of aliphatic carboxylic acids is 1. The van der Waals surface area contributed by atoms with E-state index >= 15 is 0 Å². The standard InChI is InChI=1S/C16H18ClNO5/c1-16(2,3)23-15(22)18-12(19)8-11(13(18)14(20)21)9-4-6-10(17)7-5-9/h4-7,11,13H,8H2,1-3H3,(H,20,21)/t11?,13-/m0/s1. The van der Waals surface area contributed by atoms with Gasteiger partial charge in [-0.3, -0.25) is 4.79 Å². The van der Waals surface area contributed by atoms with E-state index in [1.165, 1.54) is 0 Å². The van der Waals surface area contributed by atoms with E-state index in [-0.39, 0.29) is 6.42 Å². The van der Waals surface area contributed by atoms with Crippen LogP contribution in [0.3, 0.4) is 0 Å². The molecule has 7 heteroatoms. The SMILES string of the molecule is CC(C)(C)OC(=O)N1C(=O)CC(c2ccc(Cl)cc2)[C@H]1C(=O)O. The van der Waals surface area contributed by atoms with Crippen LogP contribution < -0.4 is 0 Å². The molecule has 2 atom stereocenters. The maximum absolute atomic E-state index is 12.2. The van der Waals surface area contributed by atoms with Crippen molar-refractivity contribution in [3.63, 3.8) is 0 Å². The second-order valence-corrected chi connectivity index (χ2v) is 6.83. The Morgan fingerprint density at radius 2 is 1.83 bits per heavy atom. The molecular weight excluding hydrogens is 322 g/mol. The Morgan fingerprint density at radius 3 is 2.30 bits per heavy atom. The first-order valence-electron chi connectivity index (χ1n) is 7.13. The van der Waals surface area contributed by atoms with E-state index in [0.29, 0.717) is 15.5 Å². The van der Waals surface area contributed by atoms with Gasteiger partial charge in [0, 0.05) is 17.4 Å². The van der Waals surface area contributed by atoms with Crippen molar-refractivity contribution in [1.82, 2.24) is 4.90 Å². The first-order valence-corrected chi connectivity index (χ1v) is 7.51. The Labute approximate surface area is 139 Å². The molecule has 0 aliphatic carbocycles. The number of likely N-dealkylation sites (tertiary alicyclic amines) is 1. The first-order chi connectivity index (χ1) is 10.6. The van der Waals surface area contributed by atoms with Gasteiger partial charge in [0.2, 0.25) is 5.91 Å². The van der Waals surface area contributed by atoms with E-state index in [2.05, 4.69) is 0 Å². The average Bonchev–Trinajstić information content (AvgIpc) is 2.75. The molecule has 0 spiro atoms. The fraction of sp³-hybridized carbons (Fsp3) is 0.438. The smallest absolute Gasteiger partial charge is 0.417 e. The Balaban J connectivity index is 2.33. The summed E-state index contributed by atoms with van der Waals surface area (Å²) in [6, 6.07) is 5.27. The number of ether oxygens (including phenoxy) is 1. The summed E-state index contributed by atoms with van der Waals surface area (Å²) in [6.07, 6.45) is -1.01. The lowest BCUT2D eigenvalue weighted by molar-refractivity contribution is -0.146. The molecule has 1 unspecified atom stereocenters. The topological polar surface area (TPSA) is 83.9 Å². The molecule has 1 heterocycles. The summed E-state index contributed by atoms with van der Waals surface area (Å²) in [6.45, 7) is 4.95. The van der Waals surface area contributed by atoms with Crippen LogP contribution in [-0.2, 0) is 14.3 Å². The third-order valence-electron chi connectivity index (χ3n) is 3.46. The van der Waals surface area contributed by atoms with Gasteiger partial charge in [-0.1, -0.05) is 23.7 Å². The third-order valence-corrected chi connectivity index (χ3v) is 3.72. The van der Waals surface area contributed by atoms with Crippen LogP contribution in [0.15, 0.2) is 24.3 Å². The van der Waals surface area contributed by atoms with Crippen molar-refractivity contribution in [3.05, 3.63) is 34.9 Å². The third kappa shape index (κ3) is 3.82. The van der Waals surface area contributed by atoms with E-state index in [1.54, 1.807) is 45.0 Å². The minimum Gasteiger partial charge on any atom is -0.480 e. The number of amides is 2. The van der Waals surface area contributed by atoms with Crippen molar-refractivity contribution in [2.45, 2.75) is 44.8 Å². The molecule has 124 valence electrons. The number of nitrogens with zero attached hydrogens (tertiary/aromatic N) is 1. The zero-order valence-electron chi connectivity index (χ0n) is 13.1. The van der Waals surface area contributed by atoms with E-state index < -0.39 is 35.5 Å². The van der Waals surface area contributed by atoms with Crippen molar-refractivity contribution < 1.29 is 24.2 Å². The molecule has 1 fully saturated rings. The number of carboxylic acids is 1. The molecule has 0 bridgehead atoms. The van der Waals surface area contributed by atoms with Gasteiger partial charge >= 0.3 is 12.1 Å². The lowest BCUT2D eigenvalue weighted by atomic mass is 9.92. The predicted octanol–water partition coefficient (Wildman–Crippen LogP) is 3.04. The molecule has 2 rings (SSSR count). The highest BCUT2D eigenvalue weighted by Crippen LogP contribution is 2.36. The van der Waals surface area contributed by atoms with E-state index in [9.17, 15) is 19.5 Å². The Bertz CT molecular complexity index is 635. The van der Waals surface area contributed by atoms with E-state index in [0.717, 1.165) is 0 Å². The second-order valence-electron chi connectivity index (χ2n) is 6.39. The Kier molecular flexibility index (Phi) is 4.66. The van der Waals surface area contributed by atoms with Crippen molar-refractivity contribution in [1.29, 1.82) is 0 Å². The zero-order valence-corrected chi connectivity index (χ0v) is 13.8. The van der Waals surface area contributed by atoms with Crippen molar-refractivity contribution in [2.24, 2.45) is 0 Å². The Morgan fingerprint density at radius 1 is 1.26 bits per heavy atom. The average molecular weight is 340 g/mol. The molecule has 1 aromatic carbocycles. The minimum absolute atomic E-state index is 0.0716. The number of hydrogen-bond acceptors (Lipinski definition) is 4. The van der Waals surface area contributed by atoms with Gasteiger partial charge in [0.15, 0.2) is 0 Å². The van der Waals surface area contributed by atoms with Gasteiger partial charge in [-0.2, -0.15) is 0 Å². The van der Waals surface area contributed by atoms with Gasteiger partial charge in [0.25, 0.3) is 0 Å². The molecule has 1 N–H and O–H groups in total. The number of carboxylic acid groups (broad SMARTS) is 1. The first kappa shape index (κ1) is 17.3. The van der Waals surface area contributed by atoms with Crippen LogP contribution in [0.2, 0.25) is 5.02 Å². The van der Waals surface area contributed by atoms with Crippen LogP contribution >= 0.6 is 11.6 Å². The highest BCUT2D eigenvalue weighted by molar-refractivity contribution is 6.30. The zero-order chi connectivity index (χ0) is 17.4. The predicted molar refractivity (Wildman–Crippen MR) is 83.3 cm³/mol. The van der Waals surface area contributed by atoms with Gasteiger partial charge in [-0.25, -0.2) is 14.5 Å². The highest BCUT2D eigenvalue weighted by atomic mass is 35.5. The summed E-state index contributed by atoms with van der Waals surface area (Å²) in [7, 11) is 0. The van der Waals surface area contributed by atoms with Crippen LogP contribution in [0.5, 0.6) is 0 Å². The number of rotatable bonds is 2. The monoisotopic (exact) mass is 339 g/mol. The lowest BCUT2D eigenvalue weighted by Crippen LogP contribution is -2.46. The molecule has 23 heavy (non-hydrogen) atoms. The van der Waals surface area contributed by atoms with E-state index in [1.807, 2.05) is 0 Å². The van der Waals surface area contributed by atoms with Crippen LogP contribution in [0, 0.1) is 0 Å². The molecule has 0 saturated carbocycles. The summed E-state index contributed by atoms with van der Waals surface area (Å²) in [5.41, 5.74) is -0.181. The van der Waals surface area contributed by atoms with Crippen molar-refractivity contribution in [2.75, 3.05) is 0 Å². The fourth-order valence-electron chi connectivity index (χ4n) is 2.55. The molecule has 1 aliphatic heterocycles. The lowest BCUT2D eigenvalue weighted by Gasteiger charge is -2.27. The summed E-state index contributed by atoms with van der Waals surface area (Å²) < 4.78 is 5.16. The van der Waals surface area contributed by atoms with Gasteiger partial charge in [0.1, 0.15) is 11.6 Å². The van der Waals surface area contributed by atoms with Crippen molar-refractivity contribution in [3.8, 4) is 0 Å². The maximum Gasteiger partial charge on any atom is 0.417 e. The van der Waals surface area contributed by atoms with Gasteiger partial charge in [-0.15, -0.1) is 0 Å². The number of halogens is 1. The molecule has 1 aromatic rings. The van der Waals surface area contributed by atoms with Gasteiger partial charge < -0.3 is 9.84 Å². The van der Waals surface area contributed by atoms with Crippen LogP contribution in [-0.4, -0.2) is 39.6 Å². The number of benzene rings is 1. The molecule has 1 saturated heterocycles. The van der Waals surface area contributed by atoms with E-state index in [4.69, 9.17) is 16.3 Å². The summed E-state index contributed by atoms with van der Waals surface area (Å²) in [5, 5.41) is 10.0. The van der Waals surface area contributed by atoms with Crippen molar-refractivity contribution >= 4 is 29.6 Å². The maximum atomic E-state index is 12.2. The van der Waals surface area contributed by atoms with Crippen LogP contribution in [0.25, 0.3) is 0 Å². The van der Waals surface area contributed by atoms with Crippen LogP contribution in [0.4, 0.5) is 4.79 Å². The second kappa shape index (κ2) is 6.20. The molecular formula is C16H18ClNO5. The normalized spacial score (nSPS) is 21.4. The fourth-order valence-corrected chi connectivity index (χ4v) is 2.68. The number of imide groups is 1. The Hall–Kier alpha value is -2.08. The highest BCUT2D eigenvalue weighted by Gasteiger charge is 2.49. The largest absolute Gasteiger partial charge is 0.480 e. The molecule has 0 radical (unpaired) electrons. The van der Waals surface area contributed by atoms with Crippen LogP contribution in [0.1, 0.15) is 38.7 Å². The minimum atomic E-state index is -1.29. The number of carbonyl (C=O) groups excluding carboxylic acids is 2. The summed E-state index contributed by atoms with van der Waals surface area (Å²) in [5.74, 6) is -2.45. The number of carbonyl (C=O) groups is 3. The summed E-state index contributed by atoms with van der Waals surface area (Å²) in [4.78, 5) is 36.8. The molecule has 1 aliphatic rings. The quantitative estimate of drug-likeness (QED) is 0.895. The summed E-state index contributed by atoms with van der Waals surface area (Å²) >= 11 is 5.83. The van der Waals surface area contributed by atoms with Gasteiger partial charge in [-0.05, 0) is 38.5 Å². The molecule has 0 aromatic heterocycles.